The molecule has 1 aliphatic heterocycles. The zero-order chi connectivity index (χ0) is 18.0. The van der Waals surface area contributed by atoms with Crippen LogP contribution in [0, 0.1) is 18.8 Å². The van der Waals surface area contributed by atoms with Gasteiger partial charge in [-0.3, -0.25) is 4.79 Å². The third kappa shape index (κ3) is 4.11. The Labute approximate surface area is 150 Å². The van der Waals surface area contributed by atoms with Gasteiger partial charge in [0.15, 0.2) is 0 Å². The van der Waals surface area contributed by atoms with E-state index in [4.69, 9.17) is 10.1 Å². The molecular formula is C19H30N4O2. The number of hydrogen-bond acceptors (Lipinski definition) is 5. The van der Waals surface area contributed by atoms with Crippen LogP contribution < -0.4 is 10.2 Å². The Kier molecular flexibility index (Phi) is 5.57. The highest BCUT2D eigenvalue weighted by Crippen LogP contribution is 2.36. The summed E-state index contributed by atoms with van der Waals surface area (Å²) in [6.45, 7) is 7.89. The lowest BCUT2D eigenvalue weighted by Gasteiger charge is -2.26. The van der Waals surface area contributed by atoms with Crippen molar-refractivity contribution in [2.45, 2.75) is 58.4 Å². The van der Waals surface area contributed by atoms with Crippen molar-refractivity contribution in [1.29, 1.82) is 0 Å². The molecule has 0 spiro atoms. The second kappa shape index (κ2) is 7.68. The van der Waals surface area contributed by atoms with E-state index in [0.29, 0.717) is 17.8 Å². The van der Waals surface area contributed by atoms with Crippen LogP contribution in [0.1, 0.15) is 56.8 Å². The number of anilines is 1. The molecule has 1 amide bonds. The molecule has 3 rings (SSSR count). The van der Waals surface area contributed by atoms with Gasteiger partial charge in [-0.2, -0.15) is 0 Å². The van der Waals surface area contributed by atoms with Crippen LogP contribution in [0.3, 0.4) is 0 Å². The number of nitrogens with zero attached hydrogens (tertiary/aromatic N) is 3. The van der Waals surface area contributed by atoms with Crippen molar-refractivity contribution in [3.8, 4) is 0 Å². The molecule has 2 N–H and O–H groups in total. The first-order chi connectivity index (χ1) is 12.0. The van der Waals surface area contributed by atoms with E-state index in [9.17, 15) is 4.79 Å². The summed E-state index contributed by atoms with van der Waals surface area (Å²) in [4.78, 5) is 23.7. The standard InChI is InChI=1S/C19H30N4O2/c1-12(2)15-10-23(11-17(15)21-18(25)7-8-24)19-20-13(3)9-16(22-19)14-5-4-6-14/h9,12,14-15,17,24H,4-8,10-11H2,1-3H3,(H,21,25)/t15-,17+/m1/s1. The number of carbonyl (C=O) groups is 1. The maximum absolute atomic E-state index is 11.9. The quantitative estimate of drug-likeness (QED) is 0.824. The van der Waals surface area contributed by atoms with Gasteiger partial charge in [-0.25, -0.2) is 9.97 Å². The van der Waals surface area contributed by atoms with E-state index in [0.717, 1.165) is 24.7 Å². The van der Waals surface area contributed by atoms with Crippen LogP contribution in [-0.2, 0) is 4.79 Å². The first-order valence-corrected chi connectivity index (χ1v) is 9.48. The average Bonchev–Trinajstić information content (AvgIpc) is 2.89. The fourth-order valence-corrected chi connectivity index (χ4v) is 3.83. The van der Waals surface area contributed by atoms with Crippen molar-refractivity contribution in [3.63, 3.8) is 0 Å². The summed E-state index contributed by atoms with van der Waals surface area (Å²) in [6, 6.07) is 2.19. The van der Waals surface area contributed by atoms with Crippen LogP contribution in [-0.4, -0.2) is 46.7 Å². The molecule has 0 aromatic carbocycles. The van der Waals surface area contributed by atoms with Crippen molar-refractivity contribution < 1.29 is 9.90 Å². The highest BCUT2D eigenvalue weighted by atomic mass is 16.3. The van der Waals surface area contributed by atoms with Gasteiger partial charge < -0.3 is 15.3 Å². The Morgan fingerprint density at radius 2 is 2.12 bits per heavy atom. The minimum absolute atomic E-state index is 0.0790. The number of aliphatic hydroxyl groups is 1. The topological polar surface area (TPSA) is 78.4 Å². The third-order valence-corrected chi connectivity index (χ3v) is 5.58. The van der Waals surface area contributed by atoms with Crippen molar-refractivity contribution in [2.75, 3.05) is 24.6 Å². The van der Waals surface area contributed by atoms with Crippen LogP contribution in [0.5, 0.6) is 0 Å². The molecule has 2 heterocycles. The van der Waals surface area contributed by atoms with Gasteiger partial charge in [0.2, 0.25) is 11.9 Å². The summed E-state index contributed by atoms with van der Waals surface area (Å²) < 4.78 is 0. The molecule has 6 heteroatoms. The third-order valence-electron chi connectivity index (χ3n) is 5.58. The predicted octanol–water partition coefficient (Wildman–Crippen LogP) is 2.01. The van der Waals surface area contributed by atoms with E-state index in [2.05, 4.69) is 35.1 Å². The molecule has 0 bridgehead atoms. The van der Waals surface area contributed by atoms with E-state index >= 15 is 0 Å². The Balaban J connectivity index is 1.76. The van der Waals surface area contributed by atoms with Gasteiger partial charge in [-0.05, 0) is 31.7 Å². The molecule has 1 aromatic rings. The SMILES string of the molecule is Cc1cc(C2CCC2)nc(N2C[C@H](NC(=O)CCO)[C@@H](C(C)C)C2)n1. The number of nitrogens with one attached hydrogen (secondary N) is 1. The smallest absolute Gasteiger partial charge is 0.225 e. The number of hydrogen-bond donors (Lipinski definition) is 2. The second-order valence-electron chi connectivity index (χ2n) is 7.82. The Bertz CT molecular complexity index is 615. The Hall–Kier alpha value is -1.69. The summed E-state index contributed by atoms with van der Waals surface area (Å²) >= 11 is 0. The number of amides is 1. The molecule has 138 valence electrons. The molecule has 0 radical (unpaired) electrons. The highest BCUT2D eigenvalue weighted by molar-refractivity contribution is 5.76. The fraction of sp³-hybridized carbons (Fsp3) is 0.737. The van der Waals surface area contributed by atoms with Crippen LogP contribution in [0.15, 0.2) is 6.07 Å². The molecule has 2 aliphatic rings. The average molecular weight is 346 g/mol. The van der Waals surface area contributed by atoms with E-state index in [1.165, 1.54) is 25.0 Å². The number of carbonyl (C=O) groups excluding carboxylic acids is 1. The lowest BCUT2D eigenvalue weighted by Crippen LogP contribution is -2.42. The first kappa shape index (κ1) is 18.1. The van der Waals surface area contributed by atoms with E-state index < -0.39 is 0 Å². The molecule has 2 fully saturated rings. The van der Waals surface area contributed by atoms with Gasteiger partial charge in [-0.1, -0.05) is 20.3 Å². The lowest BCUT2D eigenvalue weighted by molar-refractivity contribution is -0.122. The molecule has 1 saturated heterocycles. The first-order valence-electron chi connectivity index (χ1n) is 9.48. The van der Waals surface area contributed by atoms with Crippen molar-refractivity contribution >= 4 is 11.9 Å². The lowest BCUT2D eigenvalue weighted by atomic mass is 9.83. The summed E-state index contributed by atoms with van der Waals surface area (Å²) in [6.07, 6.45) is 3.91. The zero-order valence-corrected chi connectivity index (χ0v) is 15.5. The predicted molar refractivity (Wildman–Crippen MR) is 97.5 cm³/mol. The summed E-state index contributed by atoms with van der Waals surface area (Å²) in [5.74, 6) is 2.12. The van der Waals surface area contributed by atoms with Crippen LogP contribution in [0.4, 0.5) is 5.95 Å². The van der Waals surface area contributed by atoms with Gasteiger partial charge >= 0.3 is 0 Å². The molecular weight excluding hydrogens is 316 g/mol. The van der Waals surface area contributed by atoms with E-state index in [1.807, 2.05) is 6.92 Å². The van der Waals surface area contributed by atoms with Gasteiger partial charge in [0.05, 0.1) is 12.6 Å². The number of aliphatic hydroxyl groups excluding tert-OH is 1. The number of aryl methyl sites for hydroxylation is 1. The van der Waals surface area contributed by atoms with E-state index in [1.54, 1.807) is 0 Å². The summed E-state index contributed by atoms with van der Waals surface area (Å²) in [5.41, 5.74) is 2.18. The van der Waals surface area contributed by atoms with Gasteiger partial charge in [0.1, 0.15) is 0 Å². The number of aromatic nitrogens is 2. The van der Waals surface area contributed by atoms with Gasteiger partial charge in [0.25, 0.3) is 0 Å². The maximum atomic E-state index is 11.9. The minimum Gasteiger partial charge on any atom is -0.396 e. The monoisotopic (exact) mass is 346 g/mol. The fourth-order valence-electron chi connectivity index (χ4n) is 3.83. The normalized spacial score (nSPS) is 23.8. The van der Waals surface area contributed by atoms with Gasteiger partial charge in [0, 0.05) is 42.7 Å². The number of rotatable bonds is 6. The van der Waals surface area contributed by atoms with Crippen LogP contribution in [0.2, 0.25) is 0 Å². The molecule has 0 unspecified atom stereocenters. The zero-order valence-electron chi connectivity index (χ0n) is 15.5. The molecule has 1 saturated carbocycles. The van der Waals surface area contributed by atoms with Gasteiger partial charge in [-0.15, -0.1) is 0 Å². The molecule has 1 aliphatic carbocycles. The van der Waals surface area contributed by atoms with Crippen molar-refractivity contribution in [3.05, 3.63) is 17.5 Å². The highest BCUT2D eigenvalue weighted by Gasteiger charge is 2.37. The molecule has 2 atom stereocenters. The largest absolute Gasteiger partial charge is 0.396 e. The Morgan fingerprint density at radius 1 is 1.36 bits per heavy atom. The molecule has 6 nitrogen and oxygen atoms in total. The van der Waals surface area contributed by atoms with Crippen molar-refractivity contribution in [2.24, 2.45) is 11.8 Å². The van der Waals surface area contributed by atoms with Crippen LogP contribution in [0.25, 0.3) is 0 Å². The molecule has 25 heavy (non-hydrogen) atoms. The Morgan fingerprint density at radius 3 is 2.72 bits per heavy atom. The second-order valence-corrected chi connectivity index (χ2v) is 7.82. The van der Waals surface area contributed by atoms with Crippen molar-refractivity contribution in [1.82, 2.24) is 15.3 Å². The molecule has 1 aromatic heterocycles. The minimum atomic E-state index is -0.111. The maximum Gasteiger partial charge on any atom is 0.225 e. The van der Waals surface area contributed by atoms with Crippen LogP contribution >= 0.6 is 0 Å². The summed E-state index contributed by atoms with van der Waals surface area (Å²) in [7, 11) is 0. The summed E-state index contributed by atoms with van der Waals surface area (Å²) in [5, 5.41) is 12.1. The van der Waals surface area contributed by atoms with E-state index in [-0.39, 0.29) is 25.0 Å².